The van der Waals surface area contributed by atoms with Gasteiger partial charge in [-0.25, -0.2) is 0 Å². The van der Waals surface area contributed by atoms with Crippen LogP contribution in [0.4, 0.5) is 0 Å². The molecule has 1 heterocycles. The van der Waals surface area contributed by atoms with Gasteiger partial charge >= 0.3 is 0 Å². The number of hydrogen-bond acceptors (Lipinski definition) is 1. The fraction of sp³-hybridized carbons (Fsp3) is 0.438. The Balaban J connectivity index is 1.77. The molecule has 0 aliphatic carbocycles. The lowest BCUT2D eigenvalue weighted by atomic mass is 10.1. The molecule has 0 aliphatic heterocycles. The maximum absolute atomic E-state index is 5.80. The highest BCUT2D eigenvalue weighted by Gasteiger charge is 2.01. The summed E-state index contributed by atoms with van der Waals surface area (Å²) in [7, 11) is 0. The largest absolute Gasteiger partial charge is 0.370 e. The van der Waals surface area contributed by atoms with Crippen molar-refractivity contribution >= 4 is 16.9 Å². The third kappa shape index (κ3) is 4.02. The SMILES string of the molecule is CCCCNC(N)=NCCCc1c[nH]c2ccccc12. The fourth-order valence-corrected chi connectivity index (χ4v) is 2.26. The van der Waals surface area contributed by atoms with Crippen LogP contribution in [0.3, 0.4) is 0 Å². The van der Waals surface area contributed by atoms with E-state index in [1.807, 2.05) is 0 Å². The Morgan fingerprint density at radius 1 is 1.30 bits per heavy atom. The topological polar surface area (TPSA) is 66.2 Å². The molecule has 0 radical (unpaired) electrons. The second-order valence-corrected chi connectivity index (χ2v) is 5.01. The predicted octanol–water partition coefficient (Wildman–Crippen LogP) is 2.80. The van der Waals surface area contributed by atoms with Crippen molar-refractivity contribution in [3.63, 3.8) is 0 Å². The summed E-state index contributed by atoms with van der Waals surface area (Å²) in [4.78, 5) is 7.65. The average Bonchev–Trinajstić information content (AvgIpc) is 2.87. The highest BCUT2D eigenvalue weighted by Crippen LogP contribution is 2.18. The van der Waals surface area contributed by atoms with Gasteiger partial charge in [-0.1, -0.05) is 31.5 Å². The third-order valence-electron chi connectivity index (χ3n) is 3.40. The lowest BCUT2D eigenvalue weighted by molar-refractivity contribution is 0.744. The van der Waals surface area contributed by atoms with Gasteiger partial charge in [-0.15, -0.1) is 0 Å². The summed E-state index contributed by atoms with van der Waals surface area (Å²) in [5.41, 5.74) is 8.35. The molecular formula is C16H24N4. The molecule has 2 rings (SSSR count). The normalized spacial score (nSPS) is 11.9. The highest BCUT2D eigenvalue weighted by atomic mass is 15.1. The fourth-order valence-electron chi connectivity index (χ4n) is 2.26. The lowest BCUT2D eigenvalue weighted by Gasteiger charge is -2.04. The van der Waals surface area contributed by atoms with Crippen LogP contribution in [0.15, 0.2) is 35.5 Å². The van der Waals surface area contributed by atoms with E-state index >= 15 is 0 Å². The zero-order chi connectivity index (χ0) is 14.2. The summed E-state index contributed by atoms with van der Waals surface area (Å²) >= 11 is 0. The number of nitrogens with two attached hydrogens (primary N) is 1. The number of aryl methyl sites for hydroxylation is 1. The maximum Gasteiger partial charge on any atom is 0.188 e. The van der Waals surface area contributed by atoms with E-state index in [0.29, 0.717) is 5.96 Å². The van der Waals surface area contributed by atoms with Gasteiger partial charge in [0, 0.05) is 30.2 Å². The van der Waals surface area contributed by atoms with E-state index in [4.69, 9.17) is 5.73 Å². The molecule has 0 unspecified atom stereocenters. The molecular weight excluding hydrogens is 248 g/mol. The molecule has 0 bridgehead atoms. The Bertz CT molecular complexity index is 556. The average molecular weight is 272 g/mol. The van der Waals surface area contributed by atoms with Crippen LogP contribution in [0.25, 0.3) is 10.9 Å². The Hall–Kier alpha value is -1.97. The summed E-state index contributed by atoms with van der Waals surface area (Å²) in [5, 5.41) is 4.44. The van der Waals surface area contributed by atoms with Gasteiger partial charge in [-0.3, -0.25) is 4.99 Å². The summed E-state index contributed by atoms with van der Waals surface area (Å²) in [6.45, 7) is 3.84. The number of unbranched alkanes of at least 4 members (excludes halogenated alkanes) is 1. The molecule has 0 spiro atoms. The number of fused-ring (bicyclic) bond motifs is 1. The van der Waals surface area contributed by atoms with E-state index in [-0.39, 0.29) is 0 Å². The minimum absolute atomic E-state index is 0.567. The molecule has 2 aromatic rings. The van der Waals surface area contributed by atoms with Gasteiger partial charge in [0.05, 0.1) is 0 Å². The number of aliphatic imine (C=N–C) groups is 1. The second-order valence-electron chi connectivity index (χ2n) is 5.01. The monoisotopic (exact) mass is 272 g/mol. The van der Waals surface area contributed by atoms with Crippen LogP contribution >= 0.6 is 0 Å². The minimum atomic E-state index is 0.567. The number of benzene rings is 1. The zero-order valence-corrected chi connectivity index (χ0v) is 12.2. The zero-order valence-electron chi connectivity index (χ0n) is 12.2. The van der Waals surface area contributed by atoms with Gasteiger partial charge in [0.1, 0.15) is 0 Å². The van der Waals surface area contributed by atoms with Crippen molar-refractivity contribution in [3.8, 4) is 0 Å². The maximum atomic E-state index is 5.80. The van der Waals surface area contributed by atoms with Crippen LogP contribution in [-0.2, 0) is 6.42 Å². The van der Waals surface area contributed by atoms with Crippen LogP contribution in [-0.4, -0.2) is 24.0 Å². The molecule has 0 atom stereocenters. The smallest absolute Gasteiger partial charge is 0.188 e. The van der Waals surface area contributed by atoms with Gasteiger partial charge < -0.3 is 16.0 Å². The van der Waals surface area contributed by atoms with Gasteiger partial charge in [0.2, 0.25) is 0 Å². The van der Waals surface area contributed by atoms with Crippen molar-refractivity contribution in [1.29, 1.82) is 0 Å². The van der Waals surface area contributed by atoms with Crippen LogP contribution in [0.2, 0.25) is 0 Å². The molecule has 108 valence electrons. The van der Waals surface area contributed by atoms with Crippen LogP contribution < -0.4 is 11.1 Å². The summed E-state index contributed by atoms with van der Waals surface area (Å²) in [6.07, 6.45) is 6.43. The van der Waals surface area contributed by atoms with Crippen molar-refractivity contribution in [1.82, 2.24) is 10.3 Å². The van der Waals surface area contributed by atoms with Crippen LogP contribution in [0.5, 0.6) is 0 Å². The van der Waals surface area contributed by atoms with Crippen molar-refractivity contribution in [2.45, 2.75) is 32.6 Å². The molecule has 0 amide bonds. The Kier molecular flexibility index (Phi) is 5.47. The number of para-hydroxylation sites is 1. The van der Waals surface area contributed by atoms with E-state index in [1.54, 1.807) is 0 Å². The predicted molar refractivity (Wildman–Crippen MR) is 86.0 cm³/mol. The quantitative estimate of drug-likeness (QED) is 0.412. The summed E-state index contributed by atoms with van der Waals surface area (Å²) < 4.78 is 0. The standard InChI is InChI=1S/C16H24N4/c1-2-3-10-18-16(17)19-11-6-7-13-12-20-15-9-5-4-8-14(13)15/h4-5,8-9,12,20H,2-3,6-7,10-11H2,1H3,(H3,17,18,19). The van der Waals surface area contributed by atoms with E-state index in [1.165, 1.54) is 22.9 Å². The lowest BCUT2D eigenvalue weighted by Crippen LogP contribution is -2.32. The minimum Gasteiger partial charge on any atom is -0.370 e. The molecule has 0 fully saturated rings. The first-order valence-electron chi connectivity index (χ1n) is 7.40. The molecule has 0 aliphatic rings. The molecule has 4 nitrogen and oxygen atoms in total. The molecule has 1 aromatic carbocycles. The van der Waals surface area contributed by atoms with Crippen LogP contribution in [0, 0.1) is 0 Å². The van der Waals surface area contributed by atoms with E-state index in [0.717, 1.165) is 32.4 Å². The Morgan fingerprint density at radius 3 is 3.00 bits per heavy atom. The number of hydrogen-bond donors (Lipinski definition) is 3. The molecule has 4 heteroatoms. The first-order chi connectivity index (χ1) is 9.81. The Labute approximate surface area is 120 Å². The summed E-state index contributed by atoms with van der Waals surface area (Å²) in [6, 6.07) is 8.39. The first kappa shape index (κ1) is 14.4. The van der Waals surface area contributed by atoms with Crippen molar-refractivity contribution in [3.05, 3.63) is 36.0 Å². The highest BCUT2D eigenvalue weighted by molar-refractivity contribution is 5.83. The van der Waals surface area contributed by atoms with Gasteiger partial charge in [-0.2, -0.15) is 0 Å². The van der Waals surface area contributed by atoms with Crippen molar-refractivity contribution < 1.29 is 0 Å². The van der Waals surface area contributed by atoms with Crippen LogP contribution in [0.1, 0.15) is 31.7 Å². The first-order valence-corrected chi connectivity index (χ1v) is 7.40. The number of H-pyrrole nitrogens is 1. The number of aromatic amines is 1. The van der Waals surface area contributed by atoms with E-state index < -0.39 is 0 Å². The van der Waals surface area contributed by atoms with Crippen molar-refractivity contribution in [2.75, 3.05) is 13.1 Å². The second kappa shape index (κ2) is 7.58. The number of aromatic nitrogens is 1. The van der Waals surface area contributed by atoms with E-state index in [2.05, 4.69) is 52.7 Å². The molecule has 0 saturated heterocycles. The number of nitrogens with zero attached hydrogens (tertiary/aromatic N) is 1. The molecule has 20 heavy (non-hydrogen) atoms. The van der Waals surface area contributed by atoms with Gasteiger partial charge in [-0.05, 0) is 30.9 Å². The number of rotatable bonds is 7. The number of nitrogens with one attached hydrogen (secondary N) is 2. The molecule has 4 N–H and O–H groups in total. The van der Waals surface area contributed by atoms with E-state index in [9.17, 15) is 0 Å². The van der Waals surface area contributed by atoms with Gasteiger partial charge in [0.25, 0.3) is 0 Å². The summed E-state index contributed by atoms with van der Waals surface area (Å²) in [5.74, 6) is 0.567. The Morgan fingerprint density at radius 2 is 2.15 bits per heavy atom. The number of guanidine groups is 1. The molecule has 1 aromatic heterocycles. The van der Waals surface area contributed by atoms with Gasteiger partial charge in [0.15, 0.2) is 5.96 Å². The molecule has 0 saturated carbocycles. The third-order valence-corrected chi connectivity index (χ3v) is 3.40. The van der Waals surface area contributed by atoms with Crippen molar-refractivity contribution in [2.24, 2.45) is 10.7 Å².